The third-order valence-corrected chi connectivity index (χ3v) is 3.98. The van der Waals surface area contributed by atoms with Gasteiger partial charge in [-0.15, -0.1) is 0 Å². The highest BCUT2D eigenvalue weighted by Gasteiger charge is 2.32. The molecule has 1 unspecified atom stereocenters. The van der Waals surface area contributed by atoms with Gasteiger partial charge in [0.25, 0.3) is 5.95 Å². The highest BCUT2D eigenvalue weighted by molar-refractivity contribution is 5.81. The van der Waals surface area contributed by atoms with E-state index in [1.54, 1.807) is 23.4 Å². The molecular formula is C16H17N7O2. The topological polar surface area (TPSA) is 125 Å². The Balaban J connectivity index is 1.71. The molecule has 128 valence electrons. The number of fused-ring (bicyclic) bond motifs is 1. The van der Waals surface area contributed by atoms with Crippen LogP contribution in [0, 0.1) is 0 Å². The smallest absolute Gasteiger partial charge is 0.254 e. The highest BCUT2D eigenvalue weighted by Crippen LogP contribution is 2.37. The SMILES string of the molecule is Nc1nc(-n2cccn2)nc2c1NC(O)N2Cc1cccc(CO)c1. The van der Waals surface area contributed by atoms with Crippen molar-refractivity contribution in [3.63, 3.8) is 0 Å². The fraction of sp³-hybridized carbons (Fsp3) is 0.188. The first-order chi connectivity index (χ1) is 12.2. The maximum absolute atomic E-state index is 10.4. The molecule has 9 nitrogen and oxygen atoms in total. The number of rotatable bonds is 4. The van der Waals surface area contributed by atoms with Crippen molar-refractivity contribution in [1.82, 2.24) is 19.7 Å². The van der Waals surface area contributed by atoms with Crippen molar-refractivity contribution in [3.05, 3.63) is 53.9 Å². The second kappa shape index (κ2) is 6.04. The van der Waals surface area contributed by atoms with Gasteiger partial charge in [0.15, 0.2) is 11.6 Å². The van der Waals surface area contributed by atoms with E-state index in [0.717, 1.165) is 11.1 Å². The molecule has 0 bridgehead atoms. The summed E-state index contributed by atoms with van der Waals surface area (Å²) >= 11 is 0. The number of nitrogens with one attached hydrogen (secondary N) is 1. The molecule has 1 atom stereocenters. The molecule has 3 heterocycles. The van der Waals surface area contributed by atoms with E-state index in [1.807, 2.05) is 24.3 Å². The van der Waals surface area contributed by atoms with Gasteiger partial charge >= 0.3 is 0 Å². The third-order valence-electron chi connectivity index (χ3n) is 3.98. The summed E-state index contributed by atoms with van der Waals surface area (Å²) in [5.41, 5.74) is 8.24. The van der Waals surface area contributed by atoms with E-state index < -0.39 is 6.35 Å². The Morgan fingerprint density at radius 3 is 2.80 bits per heavy atom. The summed E-state index contributed by atoms with van der Waals surface area (Å²) in [6.45, 7) is 0.355. The molecule has 0 spiro atoms. The van der Waals surface area contributed by atoms with Crippen molar-refractivity contribution >= 4 is 17.3 Å². The number of nitrogens with zero attached hydrogens (tertiary/aromatic N) is 5. The standard InChI is InChI=1S/C16H17N7O2/c17-13-12-14(21-15(20-13)23-6-2-5-18-23)22(16(25)19-12)8-10-3-1-4-11(7-10)9-24/h1-7,16,19,24-25H,8-9H2,(H2,17,20,21). The second-order valence-electron chi connectivity index (χ2n) is 5.68. The Morgan fingerprint density at radius 2 is 2.04 bits per heavy atom. The second-order valence-corrected chi connectivity index (χ2v) is 5.68. The Hall–Kier alpha value is -3.17. The Labute approximate surface area is 143 Å². The molecule has 25 heavy (non-hydrogen) atoms. The van der Waals surface area contributed by atoms with Crippen molar-refractivity contribution in [2.45, 2.75) is 19.5 Å². The molecule has 0 saturated heterocycles. The van der Waals surface area contributed by atoms with Gasteiger partial charge in [0.05, 0.1) is 6.61 Å². The number of aliphatic hydroxyl groups excluding tert-OH is 2. The van der Waals surface area contributed by atoms with Crippen LogP contribution in [0.3, 0.4) is 0 Å². The molecule has 1 aliphatic rings. The van der Waals surface area contributed by atoms with Crippen LogP contribution in [0.15, 0.2) is 42.7 Å². The average molecular weight is 339 g/mol. The van der Waals surface area contributed by atoms with Gasteiger partial charge in [-0.05, 0) is 17.2 Å². The lowest BCUT2D eigenvalue weighted by molar-refractivity contribution is 0.201. The summed E-state index contributed by atoms with van der Waals surface area (Å²) in [5.74, 6) is 1.06. The normalized spacial score (nSPS) is 15.9. The molecule has 5 N–H and O–H groups in total. The lowest BCUT2D eigenvalue weighted by atomic mass is 10.1. The van der Waals surface area contributed by atoms with Crippen LogP contribution in [0.25, 0.3) is 5.95 Å². The van der Waals surface area contributed by atoms with Gasteiger partial charge in [0, 0.05) is 18.9 Å². The quantitative estimate of drug-likeness (QED) is 0.540. The Kier molecular flexibility index (Phi) is 3.71. The number of aliphatic hydroxyl groups is 2. The Bertz CT molecular complexity index is 898. The summed E-state index contributed by atoms with van der Waals surface area (Å²) in [5, 5.41) is 26.7. The van der Waals surface area contributed by atoms with Gasteiger partial charge in [-0.1, -0.05) is 24.3 Å². The number of aromatic nitrogens is 4. The Morgan fingerprint density at radius 1 is 1.20 bits per heavy atom. The number of hydrogen-bond donors (Lipinski definition) is 4. The number of anilines is 3. The number of benzene rings is 1. The molecule has 1 aromatic carbocycles. The maximum Gasteiger partial charge on any atom is 0.254 e. The van der Waals surface area contributed by atoms with E-state index >= 15 is 0 Å². The molecule has 2 aromatic heterocycles. The minimum absolute atomic E-state index is 0.0379. The predicted octanol–water partition coefficient (Wildman–Crippen LogP) is 0.445. The van der Waals surface area contributed by atoms with Gasteiger partial charge < -0.3 is 26.2 Å². The van der Waals surface area contributed by atoms with Crippen LogP contribution < -0.4 is 16.0 Å². The highest BCUT2D eigenvalue weighted by atomic mass is 16.3. The van der Waals surface area contributed by atoms with E-state index in [9.17, 15) is 10.2 Å². The predicted molar refractivity (Wildman–Crippen MR) is 91.7 cm³/mol. The molecule has 0 fully saturated rings. The lowest BCUT2D eigenvalue weighted by Crippen LogP contribution is -2.35. The summed E-state index contributed by atoms with van der Waals surface area (Å²) in [6, 6.07) is 9.26. The maximum atomic E-state index is 10.4. The van der Waals surface area contributed by atoms with Crippen LogP contribution in [0.4, 0.5) is 17.3 Å². The minimum Gasteiger partial charge on any atom is -0.392 e. The summed E-state index contributed by atoms with van der Waals surface area (Å²) in [7, 11) is 0. The molecule has 1 aliphatic heterocycles. The van der Waals surface area contributed by atoms with Gasteiger partial charge in [0.2, 0.25) is 6.35 Å². The van der Waals surface area contributed by atoms with E-state index in [4.69, 9.17) is 5.73 Å². The molecule has 0 saturated carbocycles. The molecule has 0 radical (unpaired) electrons. The molecule has 0 aliphatic carbocycles. The molecule has 9 heteroatoms. The van der Waals surface area contributed by atoms with Crippen molar-refractivity contribution < 1.29 is 10.2 Å². The zero-order valence-corrected chi connectivity index (χ0v) is 13.2. The van der Waals surface area contributed by atoms with E-state index in [1.165, 1.54) is 4.68 Å². The van der Waals surface area contributed by atoms with Gasteiger partial charge in [-0.2, -0.15) is 15.1 Å². The van der Waals surface area contributed by atoms with Crippen LogP contribution in [0.5, 0.6) is 0 Å². The van der Waals surface area contributed by atoms with Crippen LogP contribution in [0.2, 0.25) is 0 Å². The zero-order valence-electron chi connectivity index (χ0n) is 13.2. The third kappa shape index (κ3) is 2.75. The number of hydrogen-bond acceptors (Lipinski definition) is 8. The number of nitrogens with two attached hydrogens (primary N) is 1. The fourth-order valence-electron chi connectivity index (χ4n) is 2.80. The molecule has 4 rings (SSSR count). The van der Waals surface area contributed by atoms with Crippen LogP contribution in [-0.2, 0) is 13.2 Å². The minimum atomic E-state index is -0.975. The molecular weight excluding hydrogens is 322 g/mol. The first-order valence-electron chi connectivity index (χ1n) is 7.73. The van der Waals surface area contributed by atoms with E-state index in [-0.39, 0.29) is 12.4 Å². The molecule has 3 aromatic rings. The molecule has 0 amide bonds. The van der Waals surface area contributed by atoms with Gasteiger partial charge in [-0.25, -0.2) is 4.68 Å². The van der Waals surface area contributed by atoms with E-state index in [0.29, 0.717) is 24.0 Å². The van der Waals surface area contributed by atoms with Gasteiger partial charge in [0.1, 0.15) is 5.69 Å². The van der Waals surface area contributed by atoms with Crippen LogP contribution in [0.1, 0.15) is 11.1 Å². The number of nitrogen functional groups attached to an aromatic ring is 1. The lowest BCUT2D eigenvalue weighted by Gasteiger charge is -2.22. The van der Waals surface area contributed by atoms with Crippen molar-refractivity contribution in [2.24, 2.45) is 0 Å². The zero-order chi connectivity index (χ0) is 17.4. The van der Waals surface area contributed by atoms with Crippen molar-refractivity contribution in [2.75, 3.05) is 16.0 Å². The van der Waals surface area contributed by atoms with Crippen LogP contribution in [-0.4, -0.2) is 36.3 Å². The summed E-state index contributed by atoms with van der Waals surface area (Å²) < 4.78 is 1.51. The van der Waals surface area contributed by atoms with Crippen molar-refractivity contribution in [1.29, 1.82) is 0 Å². The monoisotopic (exact) mass is 339 g/mol. The first-order valence-corrected chi connectivity index (χ1v) is 7.73. The first kappa shape index (κ1) is 15.4. The van der Waals surface area contributed by atoms with E-state index in [2.05, 4.69) is 20.4 Å². The fourth-order valence-corrected chi connectivity index (χ4v) is 2.80. The summed E-state index contributed by atoms with van der Waals surface area (Å²) in [6.07, 6.45) is 2.37. The van der Waals surface area contributed by atoms with Crippen LogP contribution >= 0.6 is 0 Å². The summed E-state index contributed by atoms with van der Waals surface area (Å²) in [4.78, 5) is 10.4. The average Bonchev–Trinajstić information content (AvgIpc) is 3.25. The van der Waals surface area contributed by atoms with Crippen molar-refractivity contribution in [3.8, 4) is 5.95 Å². The van der Waals surface area contributed by atoms with Gasteiger partial charge in [-0.3, -0.25) is 0 Å². The largest absolute Gasteiger partial charge is 0.392 e.